The molecular formula is C13H14N2OS. The maximum Gasteiger partial charge on any atom is 0.192 e. The monoisotopic (exact) mass is 246 g/mol. The van der Waals surface area contributed by atoms with E-state index in [9.17, 15) is 0 Å². The van der Waals surface area contributed by atoms with Crippen LogP contribution in [0.4, 0.5) is 0 Å². The van der Waals surface area contributed by atoms with Gasteiger partial charge in [-0.1, -0.05) is 6.07 Å². The highest BCUT2D eigenvalue weighted by atomic mass is 32.2. The van der Waals surface area contributed by atoms with Crippen molar-refractivity contribution in [1.82, 2.24) is 4.98 Å². The largest absolute Gasteiger partial charge is 0.441 e. The SMILES string of the molecule is CSC(C)(C#N)Cc1ccc2nc(C)oc2c1. The molecule has 2 rings (SSSR count). The van der Waals surface area contributed by atoms with Crippen molar-refractivity contribution in [2.45, 2.75) is 25.0 Å². The highest BCUT2D eigenvalue weighted by Crippen LogP contribution is 2.27. The van der Waals surface area contributed by atoms with Crippen molar-refractivity contribution < 1.29 is 4.42 Å². The molecule has 0 bridgehead atoms. The maximum atomic E-state index is 9.16. The first-order chi connectivity index (χ1) is 8.06. The van der Waals surface area contributed by atoms with Crippen molar-refractivity contribution in [2.75, 3.05) is 6.26 Å². The van der Waals surface area contributed by atoms with Gasteiger partial charge in [0.05, 0.1) is 6.07 Å². The van der Waals surface area contributed by atoms with Crippen molar-refractivity contribution in [1.29, 1.82) is 5.26 Å². The average molecular weight is 246 g/mol. The number of oxazole rings is 1. The highest BCUT2D eigenvalue weighted by molar-refractivity contribution is 8.00. The van der Waals surface area contributed by atoms with Crippen molar-refractivity contribution in [3.8, 4) is 6.07 Å². The van der Waals surface area contributed by atoms with Gasteiger partial charge >= 0.3 is 0 Å². The summed E-state index contributed by atoms with van der Waals surface area (Å²) in [6.07, 6.45) is 2.67. The van der Waals surface area contributed by atoms with Gasteiger partial charge in [0, 0.05) is 13.3 Å². The number of hydrogen-bond donors (Lipinski definition) is 0. The summed E-state index contributed by atoms with van der Waals surface area (Å²) in [6, 6.07) is 8.27. The molecule has 0 saturated carbocycles. The van der Waals surface area contributed by atoms with Gasteiger partial charge < -0.3 is 4.42 Å². The molecule has 1 heterocycles. The van der Waals surface area contributed by atoms with E-state index in [0.717, 1.165) is 16.7 Å². The molecule has 0 saturated heterocycles. The summed E-state index contributed by atoms with van der Waals surface area (Å²) in [6.45, 7) is 3.79. The molecule has 0 aliphatic rings. The Morgan fingerprint density at radius 2 is 2.29 bits per heavy atom. The Morgan fingerprint density at radius 3 is 2.94 bits per heavy atom. The van der Waals surface area contributed by atoms with E-state index < -0.39 is 0 Å². The van der Waals surface area contributed by atoms with Crippen LogP contribution in [0.2, 0.25) is 0 Å². The summed E-state index contributed by atoms with van der Waals surface area (Å²) in [5.74, 6) is 0.671. The summed E-state index contributed by atoms with van der Waals surface area (Å²) in [7, 11) is 0. The van der Waals surface area contributed by atoms with E-state index in [2.05, 4.69) is 11.1 Å². The normalized spacial score (nSPS) is 14.5. The molecule has 0 fully saturated rings. The summed E-state index contributed by atoms with van der Waals surface area (Å²) in [5, 5.41) is 9.16. The topological polar surface area (TPSA) is 49.8 Å². The Hall–Kier alpha value is -1.47. The molecule has 0 aliphatic carbocycles. The molecule has 1 atom stereocenters. The highest BCUT2D eigenvalue weighted by Gasteiger charge is 2.23. The average Bonchev–Trinajstić information content (AvgIpc) is 2.68. The summed E-state index contributed by atoms with van der Waals surface area (Å²) < 4.78 is 5.10. The number of thioether (sulfide) groups is 1. The van der Waals surface area contributed by atoms with Crippen LogP contribution in [0.1, 0.15) is 18.4 Å². The van der Waals surface area contributed by atoms with Crippen LogP contribution in [-0.4, -0.2) is 16.0 Å². The minimum atomic E-state index is -0.386. The molecule has 0 aliphatic heterocycles. The van der Waals surface area contributed by atoms with E-state index >= 15 is 0 Å². The van der Waals surface area contributed by atoms with E-state index in [1.807, 2.05) is 38.3 Å². The van der Waals surface area contributed by atoms with Gasteiger partial charge in [0.25, 0.3) is 0 Å². The summed E-state index contributed by atoms with van der Waals surface area (Å²) >= 11 is 1.57. The second-order valence-electron chi connectivity index (χ2n) is 4.26. The number of fused-ring (bicyclic) bond motifs is 1. The van der Waals surface area contributed by atoms with E-state index in [-0.39, 0.29) is 4.75 Å². The van der Waals surface area contributed by atoms with Gasteiger partial charge in [-0.2, -0.15) is 5.26 Å². The first-order valence-corrected chi connectivity index (χ1v) is 6.61. The minimum absolute atomic E-state index is 0.386. The van der Waals surface area contributed by atoms with Crippen LogP contribution in [0, 0.1) is 18.3 Å². The zero-order valence-corrected chi connectivity index (χ0v) is 11.0. The van der Waals surface area contributed by atoms with Gasteiger partial charge in [-0.15, -0.1) is 11.8 Å². The molecule has 4 heteroatoms. The van der Waals surface area contributed by atoms with E-state index in [1.54, 1.807) is 11.8 Å². The van der Waals surface area contributed by atoms with Gasteiger partial charge in [-0.3, -0.25) is 0 Å². The van der Waals surface area contributed by atoms with Gasteiger partial charge in [0.1, 0.15) is 10.3 Å². The Balaban J connectivity index is 2.34. The smallest absolute Gasteiger partial charge is 0.192 e. The Bertz CT molecular complexity index is 585. The number of aryl methyl sites for hydroxylation is 1. The zero-order chi connectivity index (χ0) is 12.5. The van der Waals surface area contributed by atoms with Gasteiger partial charge in [-0.25, -0.2) is 4.98 Å². The molecule has 0 radical (unpaired) electrons. The van der Waals surface area contributed by atoms with Crippen molar-refractivity contribution in [3.05, 3.63) is 29.7 Å². The fourth-order valence-electron chi connectivity index (χ4n) is 1.74. The number of aromatic nitrogens is 1. The third-order valence-corrected chi connectivity index (χ3v) is 3.92. The van der Waals surface area contributed by atoms with Crippen molar-refractivity contribution in [3.63, 3.8) is 0 Å². The summed E-state index contributed by atoms with van der Waals surface area (Å²) in [4.78, 5) is 4.25. The molecule has 0 spiro atoms. The van der Waals surface area contributed by atoms with Crippen LogP contribution >= 0.6 is 11.8 Å². The maximum absolute atomic E-state index is 9.16. The predicted molar refractivity (Wildman–Crippen MR) is 70.0 cm³/mol. The van der Waals surface area contributed by atoms with Gasteiger partial charge in [0.2, 0.25) is 0 Å². The van der Waals surface area contributed by atoms with Crippen LogP contribution < -0.4 is 0 Å². The molecule has 88 valence electrons. The Kier molecular flexibility index (Phi) is 3.12. The van der Waals surface area contributed by atoms with Crippen LogP contribution in [0.5, 0.6) is 0 Å². The third-order valence-electron chi connectivity index (χ3n) is 2.79. The van der Waals surface area contributed by atoms with Crippen LogP contribution in [0.3, 0.4) is 0 Å². The fraction of sp³-hybridized carbons (Fsp3) is 0.385. The zero-order valence-electron chi connectivity index (χ0n) is 10.2. The number of rotatable bonds is 3. The lowest BCUT2D eigenvalue weighted by Gasteiger charge is -2.18. The molecule has 2 aromatic rings. The second-order valence-corrected chi connectivity index (χ2v) is 5.57. The van der Waals surface area contributed by atoms with Gasteiger partial charge in [0.15, 0.2) is 11.5 Å². The van der Waals surface area contributed by atoms with Crippen LogP contribution in [-0.2, 0) is 6.42 Å². The van der Waals surface area contributed by atoms with Crippen molar-refractivity contribution >= 4 is 22.9 Å². The van der Waals surface area contributed by atoms with Crippen LogP contribution in [0.15, 0.2) is 22.6 Å². The lowest BCUT2D eigenvalue weighted by atomic mass is 10.0. The standard InChI is InChI=1S/C13H14N2OS/c1-9-15-11-5-4-10(6-12(11)16-9)7-13(2,8-14)17-3/h4-6H,7H2,1-3H3. The molecular weight excluding hydrogens is 232 g/mol. The van der Waals surface area contributed by atoms with E-state index in [1.165, 1.54) is 0 Å². The number of nitriles is 1. The molecule has 3 nitrogen and oxygen atoms in total. The number of hydrogen-bond acceptors (Lipinski definition) is 4. The molecule has 0 N–H and O–H groups in total. The second kappa shape index (κ2) is 4.42. The quantitative estimate of drug-likeness (QED) is 0.833. The Morgan fingerprint density at radius 1 is 1.53 bits per heavy atom. The minimum Gasteiger partial charge on any atom is -0.441 e. The van der Waals surface area contributed by atoms with E-state index in [0.29, 0.717) is 12.3 Å². The molecule has 0 amide bonds. The lowest BCUT2D eigenvalue weighted by Crippen LogP contribution is -2.20. The predicted octanol–water partition coefficient (Wildman–Crippen LogP) is 3.32. The number of benzene rings is 1. The van der Waals surface area contributed by atoms with Gasteiger partial charge in [-0.05, 0) is 30.9 Å². The molecule has 1 aromatic carbocycles. The Labute approximate surface area is 105 Å². The molecule has 1 unspecified atom stereocenters. The first kappa shape index (κ1) is 12.0. The van der Waals surface area contributed by atoms with Crippen molar-refractivity contribution in [2.24, 2.45) is 0 Å². The van der Waals surface area contributed by atoms with E-state index in [4.69, 9.17) is 9.68 Å². The first-order valence-electron chi connectivity index (χ1n) is 5.39. The lowest BCUT2D eigenvalue weighted by molar-refractivity contribution is 0.560. The molecule has 17 heavy (non-hydrogen) atoms. The number of nitrogens with zero attached hydrogens (tertiary/aromatic N) is 2. The third kappa shape index (κ3) is 2.45. The van der Waals surface area contributed by atoms with Crippen LogP contribution in [0.25, 0.3) is 11.1 Å². The molecule has 1 aromatic heterocycles. The fourth-order valence-corrected chi connectivity index (χ4v) is 2.14. The summed E-state index contributed by atoms with van der Waals surface area (Å²) in [5.41, 5.74) is 2.77.